The zero-order chi connectivity index (χ0) is 15.1. The molecule has 0 amide bonds. The van der Waals surface area contributed by atoms with Crippen molar-refractivity contribution in [3.05, 3.63) is 47.8 Å². The first-order valence-corrected chi connectivity index (χ1v) is 7.70. The maximum atomic E-state index is 10.7. The summed E-state index contributed by atoms with van der Waals surface area (Å²) in [5.41, 5.74) is 1.68. The van der Waals surface area contributed by atoms with E-state index in [4.69, 9.17) is 9.84 Å². The smallest absolute Gasteiger partial charge is 0.303 e. The first-order chi connectivity index (χ1) is 10.2. The lowest BCUT2D eigenvalue weighted by Crippen LogP contribution is -2.03. The predicted octanol–water partition coefficient (Wildman–Crippen LogP) is 2.79. The van der Waals surface area contributed by atoms with Crippen LogP contribution in [-0.4, -0.2) is 27.3 Å². The van der Waals surface area contributed by atoms with Gasteiger partial charge in [0.2, 0.25) is 0 Å². The molecule has 1 N–H and O–H groups in total. The van der Waals surface area contributed by atoms with Gasteiger partial charge in [0.15, 0.2) is 5.16 Å². The van der Waals surface area contributed by atoms with E-state index in [9.17, 15) is 4.79 Å². The fourth-order valence-corrected chi connectivity index (χ4v) is 2.17. The molecule has 2 rings (SSSR count). The third-order valence-corrected chi connectivity index (χ3v) is 3.39. The molecule has 0 spiro atoms. The first kappa shape index (κ1) is 15.3. The molecule has 6 heteroatoms. The Morgan fingerprint density at radius 3 is 2.90 bits per heavy atom. The van der Waals surface area contributed by atoms with Crippen LogP contribution in [-0.2, 0) is 17.8 Å². The fourth-order valence-electron chi connectivity index (χ4n) is 1.80. The Balaban J connectivity index is 2.03. The molecular weight excluding hydrogens is 288 g/mol. The van der Waals surface area contributed by atoms with E-state index in [2.05, 4.69) is 9.97 Å². The molecule has 0 bridgehead atoms. The number of hydrogen-bond acceptors (Lipinski definition) is 5. The van der Waals surface area contributed by atoms with Crippen molar-refractivity contribution in [2.24, 2.45) is 0 Å². The van der Waals surface area contributed by atoms with Crippen LogP contribution in [0.3, 0.4) is 0 Å². The predicted molar refractivity (Wildman–Crippen MR) is 80.5 cm³/mol. The van der Waals surface area contributed by atoms with Gasteiger partial charge < -0.3 is 9.84 Å². The number of aryl methyl sites for hydroxylation is 1. The number of hydrogen-bond donors (Lipinski definition) is 1. The maximum absolute atomic E-state index is 10.7. The van der Waals surface area contributed by atoms with Crippen molar-refractivity contribution in [2.45, 2.75) is 24.6 Å². The van der Waals surface area contributed by atoms with Crippen LogP contribution < -0.4 is 4.74 Å². The average molecular weight is 304 g/mol. The molecule has 1 aromatic heterocycles. The lowest BCUT2D eigenvalue weighted by atomic mass is 10.1. The Kier molecular flexibility index (Phi) is 5.57. The maximum Gasteiger partial charge on any atom is 0.303 e. The highest BCUT2D eigenvalue weighted by Crippen LogP contribution is 2.21. The van der Waals surface area contributed by atoms with Crippen LogP contribution in [0.1, 0.15) is 17.7 Å². The van der Waals surface area contributed by atoms with Gasteiger partial charge in [0.05, 0.1) is 5.69 Å². The summed E-state index contributed by atoms with van der Waals surface area (Å²) in [7, 11) is 0. The van der Waals surface area contributed by atoms with Crippen molar-refractivity contribution >= 4 is 17.7 Å². The van der Waals surface area contributed by atoms with E-state index < -0.39 is 5.97 Å². The largest absolute Gasteiger partial charge is 0.487 e. The summed E-state index contributed by atoms with van der Waals surface area (Å²) < 4.78 is 5.76. The van der Waals surface area contributed by atoms with E-state index in [1.165, 1.54) is 11.8 Å². The van der Waals surface area contributed by atoms with Crippen LogP contribution in [0, 0.1) is 0 Å². The summed E-state index contributed by atoms with van der Waals surface area (Å²) in [6, 6.07) is 9.27. The SMILES string of the molecule is CSc1nccc(COc2ccccc2CCC(=O)O)n1. The molecule has 0 fully saturated rings. The number of aliphatic carboxylic acids is 1. The first-order valence-electron chi connectivity index (χ1n) is 6.47. The molecule has 0 atom stereocenters. The summed E-state index contributed by atoms with van der Waals surface area (Å²) >= 11 is 1.48. The second kappa shape index (κ2) is 7.64. The molecule has 2 aromatic rings. The van der Waals surface area contributed by atoms with Crippen molar-refractivity contribution in [3.63, 3.8) is 0 Å². The Bertz CT molecular complexity index is 619. The zero-order valence-electron chi connectivity index (χ0n) is 11.7. The molecular formula is C15H16N2O3S. The van der Waals surface area contributed by atoms with Crippen molar-refractivity contribution in [2.75, 3.05) is 6.26 Å². The Morgan fingerprint density at radius 1 is 1.33 bits per heavy atom. The minimum Gasteiger partial charge on any atom is -0.487 e. The van der Waals surface area contributed by atoms with Crippen molar-refractivity contribution in [1.29, 1.82) is 0 Å². The van der Waals surface area contributed by atoms with E-state index in [0.29, 0.717) is 23.9 Å². The standard InChI is InChI=1S/C15H16N2O3S/c1-21-15-16-9-8-12(17-15)10-20-13-5-3-2-4-11(13)6-7-14(18)19/h2-5,8-9H,6-7,10H2,1H3,(H,18,19). The fraction of sp³-hybridized carbons (Fsp3) is 0.267. The molecule has 110 valence electrons. The molecule has 0 unspecified atom stereocenters. The Hall–Kier alpha value is -2.08. The number of aromatic nitrogens is 2. The number of thioether (sulfide) groups is 1. The van der Waals surface area contributed by atoms with Crippen LogP contribution in [0.4, 0.5) is 0 Å². The molecule has 0 saturated heterocycles. The van der Waals surface area contributed by atoms with Gasteiger partial charge in [-0.3, -0.25) is 4.79 Å². The molecule has 0 saturated carbocycles. The summed E-state index contributed by atoms with van der Waals surface area (Å²) in [6.45, 7) is 0.333. The number of nitrogens with zero attached hydrogens (tertiary/aromatic N) is 2. The molecule has 0 aliphatic rings. The lowest BCUT2D eigenvalue weighted by Gasteiger charge is -2.10. The highest BCUT2D eigenvalue weighted by Gasteiger charge is 2.07. The molecule has 0 aliphatic heterocycles. The topological polar surface area (TPSA) is 72.3 Å². The number of carboxylic acid groups (broad SMARTS) is 1. The third kappa shape index (κ3) is 4.75. The van der Waals surface area contributed by atoms with Crippen LogP contribution in [0.25, 0.3) is 0 Å². The molecule has 21 heavy (non-hydrogen) atoms. The lowest BCUT2D eigenvalue weighted by molar-refractivity contribution is -0.136. The van der Waals surface area contributed by atoms with Gasteiger partial charge in [-0.15, -0.1) is 0 Å². The summed E-state index contributed by atoms with van der Waals surface area (Å²) in [6.07, 6.45) is 4.16. The number of para-hydroxylation sites is 1. The molecule has 0 aliphatic carbocycles. The van der Waals surface area contributed by atoms with Crippen molar-refractivity contribution in [1.82, 2.24) is 9.97 Å². The molecule has 0 radical (unpaired) electrons. The summed E-state index contributed by atoms with van der Waals surface area (Å²) in [4.78, 5) is 19.1. The van der Waals surface area contributed by atoms with Gasteiger partial charge in [-0.05, 0) is 30.4 Å². The monoisotopic (exact) mass is 304 g/mol. The van der Waals surface area contributed by atoms with Crippen LogP contribution in [0.5, 0.6) is 5.75 Å². The minimum atomic E-state index is -0.815. The second-order valence-corrected chi connectivity index (χ2v) is 5.10. The molecule has 1 aromatic carbocycles. The van der Waals surface area contributed by atoms with Gasteiger partial charge in [-0.2, -0.15) is 0 Å². The highest BCUT2D eigenvalue weighted by molar-refractivity contribution is 7.98. The van der Waals surface area contributed by atoms with E-state index in [0.717, 1.165) is 11.3 Å². The van der Waals surface area contributed by atoms with Gasteiger partial charge >= 0.3 is 5.97 Å². The normalized spacial score (nSPS) is 10.3. The van der Waals surface area contributed by atoms with Crippen LogP contribution >= 0.6 is 11.8 Å². The van der Waals surface area contributed by atoms with Gasteiger partial charge in [0.1, 0.15) is 12.4 Å². The summed E-state index contributed by atoms with van der Waals surface area (Å²) in [5.74, 6) is -0.117. The van der Waals surface area contributed by atoms with Crippen molar-refractivity contribution in [3.8, 4) is 5.75 Å². The second-order valence-electron chi connectivity index (χ2n) is 4.32. The number of carboxylic acids is 1. The van der Waals surface area contributed by atoms with Crippen molar-refractivity contribution < 1.29 is 14.6 Å². The van der Waals surface area contributed by atoms with E-state index in [1.54, 1.807) is 12.3 Å². The van der Waals surface area contributed by atoms with E-state index in [-0.39, 0.29) is 6.42 Å². The Labute approximate surface area is 127 Å². The van der Waals surface area contributed by atoms with Gasteiger partial charge in [0, 0.05) is 12.6 Å². The van der Waals surface area contributed by atoms with E-state index in [1.807, 2.05) is 30.5 Å². The van der Waals surface area contributed by atoms with Crippen LogP contribution in [0.15, 0.2) is 41.7 Å². The third-order valence-electron chi connectivity index (χ3n) is 2.83. The number of ether oxygens (including phenoxy) is 1. The minimum absolute atomic E-state index is 0.0878. The number of carbonyl (C=O) groups is 1. The van der Waals surface area contributed by atoms with E-state index >= 15 is 0 Å². The number of rotatable bonds is 7. The van der Waals surface area contributed by atoms with Crippen LogP contribution in [0.2, 0.25) is 0 Å². The van der Waals surface area contributed by atoms with Gasteiger partial charge in [-0.1, -0.05) is 30.0 Å². The van der Waals surface area contributed by atoms with Gasteiger partial charge in [0.25, 0.3) is 0 Å². The highest BCUT2D eigenvalue weighted by atomic mass is 32.2. The average Bonchev–Trinajstić information content (AvgIpc) is 2.52. The van der Waals surface area contributed by atoms with Gasteiger partial charge in [-0.25, -0.2) is 9.97 Å². The molecule has 5 nitrogen and oxygen atoms in total. The Morgan fingerprint density at radius 2 is 2.14 bits per heavy atom. The molecule has 1 heterocycles. The summed E-state index contributed by atoms with van der Waals surface area (Å²) in [5, 5.41) is 9.48. The quantitative estimate of drug-likeness (QED) is 0.626. The number of benzene rings is 1. The zero-order valence-corrected chi connectivity index (χ0v) is 12.5.